The minimum atomic E-state index is -0.906. The van der Waals surface area contributed by atoms with Crippen LogP contribution in [0.5, 0.6) is 5.75 Å². The predicted molar refractivity (Wildman–Crippen MR) is 134 cm³/mol. The largest absolute Gasteiger partial charge is 0.497 e. The van der Waals surface area contributed by atoms with Gasteiger partial charge in [0, 0.05) is 30.2 Å². The third kappa shape index (κ3) is 5.37. The number of fused-ring (bicyclic) bond motifs is 1. The highest BCUT2D eigenvalue weighted by Gasteiger charge is 2.41. The quantitative estimate of drug-likeness (QED) is 0.446. The Bertz CT molecular complexity index is 1210. The number of ether oxygens (including phenoxy) is 1. The number of aliphatic hydroxyl groups is 1. The Hall–Kier alpha value is -2.63. The molecule has 3 aromatic rings. The van der Waals surface area contributed by atoms with Crippen molar-refractivity contribution in [2.45, 2.75) is 31.8 Å². The fourth-order valence-electron chi connectivity index (χ4n) is 4.49. The lowest BCUT2D eigenvalue weighted by atomic mass is 9.74. The maximum atomic E-state index is 12.3. The summed E-state index contributed by atoms with van der Waals surface area (Å²) in [6, 6.07) is 9.38. The number of benzene rings is 1. The Morgan fingerprint density at radius 2 is 2.15 bits per heavy atom. The number of nitrogens with zero attached hydrogens (tertiary/aromatic N) is 2. The highest BCUT2D eigenvalue weighted by molar-refractivity contribution is 7.10. The summed E-state index contributed by atoms with van der Waals surface area (Å²) in [4.78, 5) is 19.8. The molecule has 6 nitrogen and oxygen atoms in total. The molecule has 0 amide bonds. The number of rotatable bonds is 7. The van der Waals surface area contributed by atoms with Crippen molar-refractivity contribution >= 4 is 39.8 Å². The van der Waals surface area contributed by atoms with Crippen molar-refractivity contribution in [1.82, 2.24) is 9.88 Å². The molecule has 2 aromatic heterocycles. The molecule has 1 aromatic carbocycles. The van der Waals surface area contributed by atoms with Gasteiger partial charge in [-0.15, -0.1) is 11.3 Å². The smallest absolute Gasteiger partial charge is 0.309 e. The van der Waals surface area contributed by atoms with Crippen LogP contribution < -0.4 is 4.74 Å². The van der Waals surface area contributed by atoms with Crippen LogP contribution in [-0.4, -0.2) is 52.8 Å². The van der Waals surface area contributed by atoms with Gasteiger partial charge in [-0.25, -0.2) is 0 Å². The molecule has 1 atom stereocenters. The molecule has 1 aliphatic rings. The first-order valence-electron chi connectivity index (χ1n) is 11.2. The number of hydrogen-bond acceptors (Lipinski definition) is 6. The molecule has 1 aliphatic heterocycles. The zero-order valence-electron chi connectivity index (χ0n) is 19.0. The zero-order chi connectivity index (χ0) is 24.1. The molecular formula is C26H27ClN2O4S. The van der Waals surface area contributed by atoms with Crippen LogP contribution in [0.2, 0.25) is 5.02 Å². The molecule has 0 spiro atoms. The summed E-state index contributed by atoms with van der Waals surface area (Å²) < 4.78 is 5.31. The van der Waals surface area contributed by atoms with Gasteiger partial charge in [-0.1, -0.05) is 29.5 Å². The molecule has 3 heterocycles. The monoisotopic (exact) mass is 498 g/mol. The van der Waals surface area contributed by atoms with Crippen LogP contribution in [0.15, 0.2) is 41.9 Å². The van der Waals surface area contributed by atoms with E-state index in [0.29, 0.717) is 72.6 Å². The van der Waals surface area contributed by atoms with Crippen LogP contribution >= 0.6 is 22.9 Å². The number of pyridine rings is 1. The van der Waals surface area contributed by atoms with E-state index < -0.39 is 17.5 Å². The number of aliphatic carboxylic acids is 1. The normalized spacial score (nSPS) is 16.6. The van der Waals surface area contributed by atoms with E-state index in [0.717, 1.165) is 4.88 Å². The standard InChI is InChI=1S/C26H27ClN2O4S/c1-33-18-6-7-22-20(16-18)24(21(27)17-28-22)23(30)8-9-26(25(31)32)10-13-29(14-11-26)12-2-4-19-5-3-15-34-19/h3,5-7,15-17,23,30H,8-14H2,1H3,(H,31,32). The summed E-state index contributed by atoms with van der Waals surface area (Å²) in [5, 5.41) is 24.2. The van der Waals surface area contributed by atoms with Gasteiger partial charge in [0.2, 0.25) is 0 Å². The molecule has 34 heavy (non-hydrogen) atoms. The molecule has 0 radical (unpaired) electrons. The van der Waals surface area contributed by atoms with E-state index in [1.54, 1.807) is 30.6 Å². The van der Waals surface area contributed by atoms with Crippen molar-refractivity contribution < 1.29 is 19.7 Å². The topological polar surface area (TPSA) is 82.9 Å². The van der Waals surface area contributed by atoms with Crippen LogP contribution in [0.25, 0.3) is 10.9 Å². The molecule has 0 saturated carbocycles. The summed E-state index contributed by atoms with van der Waals surface area (Å²) in [6.45, 7) is 1.95. The second kappa shape index (κ2) is 10.7. The number of aliphatic hydroxyl groups excluding tert-OH is 1. The number of piperidine rings is 1. The summed E-state index contributed by atoms with van der Waals surface area (Å²) in [7, 11) is 1.58. The molecule has 0 bridgehead atoms. The number of carboxylic acids is 1. The average molecular weight is 499 g/mol. The summed E-state index contributed by atoms with van der Waals surface area (Å²) >= 11 is 8.03. The van der Waals surface area contributed by atoms with E-state index in [1.165, 1.54) is 6.20 Å². The van der Waals surface area contributed by atoms with Crippen LogP contribution in [0, 0.1) is 17.3 Å². The highest BCUT2D eigenvalue weighted by Crippen LogP contribution is 2.41. The lowest BCUT2D eigenvalue weighted by Crippen LogP contribution is -2.44. The van der Waals surface area contributed by atoms with E-state index in [-0.39, 0.29) is 0 Å². The average Bonchev–Trinajstić information content (AvgIpc) is 3.36. The summed E-state index contributed by atoms with van der Waals surface area (Å²) in [5.41, 5.74) is 0.391. The first-order chi connectivity index (χ1) is 16.4. The molecule has 1 saturated heterocycles. The Morgan fingerprint density at radius 3 is 2.82 bits per heavy atom. The number of methoxy groups -OCH3 is 1. The summed E-state index contributed by atoms with van der Waals surface area (Å²) in [5.74, 6) is 6.17. The van der Waals surface area contributed by atoms with Gasteiger partial charge in [-0.3, -0.25) is 14.7 Å². The Kier molecular flexibility index (Phi) is 7.74. The van der Waals surface area contributed by atoms with Crippen LogP contribution in [0.1, 0.15) is 42.2 Å². The van der Waals surface area contributed by atoms with Gasteiger partial charge in [-0.05, 0) is 55.3 Å². The zero-order valence-corrected chi connectivity index (χ0v) is 20.5. The third-order valence-corrected chi connectivity index (χ3v) is 7.69. The van der Waals surface area contributed by atoms with Crippen molar-refractivity contribution in [3.63, 3.8) is 0 Å². The van der Waals surface area contributed by atoms with Crippen LogP contribution in [0.3, 0.4) is 0 Å². The van der Waals surface area contributed by atoms with E-state index in [2.05, 4.69) is 21.7 Å². The number of carbonyl (C=O) groups is 1. The number of likely N-dealkylation sites (tertiary alicyclic amines) is 1. The van der Waals surface area contributed by atoms with E-state index in [9.17, 15) is 15.0 Å². The minimum absolute atomic E-state index is 0.292. The molecule has 8 heteroatoms. The molecule has 0 aliphatic carbocycles. The van der Waals surface area contributed by atoms with Crippen molar-refractivity contribution in [1.29, 1.82) is 0 Å². The fraction of sp³-hybridized carbons (Fsp3) is 0.385. The minimum Gasteiger partial charge on any atom is -0.497 e. The first-order valence-corrected chi connectivity index (χ1v) is 12.5. The van der Waals surface area contributed by atoms with Crippen molar-refractivity contribution in [2.24, 2.45) is 5.41 Å². The SMILES string of the molecule is COc1ccc2ncc(Cl)c(C(O)CCC3(C(=O)O)CCN(CC#Cc4cccs4)CC3)c2c1. The van der Waals surface area contributed by atoms with Gasteiger partial charge < -0.3 is 14.9 Å². The van der Waals surface area contributed by atoms with Crippen molar-refractivity contribution in [3.8, 4) is 17.6 Å². The van der Waals surface area contributed by atoms with E-state index in [4.69, 9.17) is 16.3 Å². The molecule has 2 N–H and O–H groups in total. The Morgan fingerprint density at radius 1 is 1.35 bits per heavy atom. The fourth-order valence-corrected chi connectivity index (χ4v) is 5.36. The molecular weight excluding hydrogens is 472 g/mol. The first kappa shape index (κ1) is 24.5. The molecule has 178 valence electrons. The maximum absolute atomic E-state index is 12.3. The Balaban J connectivity index is 1.43. The van der Waals surface area contributed by atoms with Gasteiger partial charge in [0.05, 0.1) is 40.6 Å². The predicted octanol–water partition coefficient (Wildman–Crippen LogP) is 4.99. The number of thiophene rings is 1. The lowest BCUT2D eigenvalue weighted by molar-refractivity contribution is -0.153. The van der Waals surface area contributed by atoms with Crippen LogP contribution in [-0.2, 0) is 4.79 Å². The second-order valence-corrected chi connectivity index (χ2v) is 9.95. The third-order valence-electron chi connectivity index (χ3n) is 6.60. The van der Waals surface area contributed by atoms with E-state index >= 15 is 0 Å². The molecule has 1 fully saturated rings. The van der Waals surface area contributed by atoms with Crippen LogP contribution in [0.4, 0.5) is 0 Å². The second-order valence-electron chi connectivity index (χ2n) is 8.60. The Labute approximate surface area is 208 Å². The van der Waals surface area contributed by atoms with Gasteiger partial charge in [-0.2, -0.15) is 0 Å². The van der Waals surface area contributed by atoms with Gasteiger partial charge in [0.1, 0.15) is 5.75 Å². The number of aromatic nitrogens is 1. The van der Waals surface area contributed by atoms with Crippen molar-refractivity contribution in [2.75, 3.05) is 26.7 Å². The number of carboxylic acid groups (broad SMARTS) is 1. The maximum Gasteiger partial charge on any atom is 0.309 e. The lowest BCUT2D eigenvalue weighted by Gasteiger charge is -2.38. The van der Waals surface area contributed by atoms with E-state index in [1.807, 2.05) is 23.6 Å². The summed E-state index contributed by atoms with van der Waals surface area (Å²) in [6.07, 6.45) is 2.32. The van der Waals surface area contributed by atoms with Crippen molar-refractivity contribution in [3.05, 3.63) is 57.4 Å². The van der Waals surface area contributed by atoms with Gasteiger partial charge in [0.25, 0.3) is 0 Å². The molecule has 4 rings (SSSR count). The van der Waals surface area contributed by atoms with Gasteiger partial charge in [0.15, 0.2) is 0 Å². The molecule has 1 unspecified atom stereocenters. The number of hydrogen-bond donors (Lipinski definition) is 2. The number of halogens is 1. The van der Waals surface area contributed by atoms with Gasteiger partial charge >= 0.3 is 5.97 Å². The highest BCUT2D eigenvalue weighted by atomic mass is 35.5.